The fourth-order valence-electron chi connectivity index (χ4n) is 4.01. The van der Waals surface area contributed by atoms with Crippen LogP contribution in [0, 0.1) is 0 Å². The molecule has 0 bridgehead atoms. The lowest BCUT2D eigenvalue weighted by Crippen LogP contribution is -2.41. The summed E-state index contributed by atoms with van der Waals surface area (Å²) in [6.07, 6.45) is 0. The van der Waals surface area contributed by atoms with Crippen molar-refractivity contribution in [2.75, 3.05) is 0 Å². The van der Waals surface area contributed by atoms with Gasteiger partial charge in [0.25, 0.3) is 0 Å². The van der Waals surface area contributed by atoms with Gasteiger partial charge in [-0.05, 0) is 75.6 Å². The van der Waals surface area contributed by atoms with Crippen LogP contribution in [0.1, 0.15) is 27.7 Å². The first-order valence-electron chi connectivity index (χ1n) is 11.0. The topological polar surface area (TPSA) is 70.5 Å². The summed E-state index contributed by atoms with van der Waals surface area (Å²) in [4.78, 5) is 9.37. The van der Waals surface area contributed by atoms with Gasteiger partial charge in [-0.25, -0.2) is 9.97 Å². The molecule has 164 valence electrons. The maximum absolute atomic E-state index is 6.33. The summed E-state index contributed by atoms with van der Waals surface area (Å²) in [5, 5.41) is 0. The zero-order chi connectivity index (χ0) is 22.8. The van der Waals surface area contributed by atoms with Gasteiger partial charge in [0.15, 0.2) is 11.2 Å². The van der Waals surface area contributed by atoms with Crippen molar-refractivity contribution in [3.8, 4) is 22.9 Å². The number of benzene rings is 3. The van der Waals surface area contributed by atoms with Crippen LogP contribution in [0.15, 0.2) is 75.6 Å². The van der Waals surface area contributed by atoms with Gasteiger partial charge >= 0.3 is 7.12 Å². The first-order chi connectivity index (χ1) is 15.8. The molecule has 0 unspecified atom stereocenters. The van der Waals surface area contributed by atoms with E-state index in [2.05, 4.69) is 9.97 Å². The third-order valence-corrected chi connectivity index (χ3v) is 6.56. The van der Waals surface area contributed by atoms with E-state index in [1.54, 1.807) is 0 Å². The molecule has 0 radical (unpaired) electrons. The van der Waals surface area contributed by atoms with Crippen molar-refractivity contribution < 1.29 is 18.1 Å². The second-order valence-electron chi connectivity index (χ2n) is 9.41. The quantitative estimate of drug-likeness (QED) is 0.342. The standard InChI is InChI=1S/C26H23BN2O4/c1-25(2)26(3,4)33-27(32-25)18-14-16(23-28-19-9-5-7-11-21(19)30-23)13-17(15-18)24-29-20-10-6-8-12-22(20)31-24/h5-15H,1-4H3. The van der Waals surface area contributed by atoms with E-state index in [0.717, 1.165) is 38.8 Å². The summed E-state index contributed by atoms with van der Waals surface area (Å²) < 4.78 is 24.8. The lowest BCUT2D eigenvalue weighted by Gasteiger charge is -2.32. The van der Waals surface area contributed by atoms with Crippen LogP contribution < -0.4 is 5.46 Å². The molecule has 1 saturated heterocycles. The smallest absolute Gasteiger partial charge is 0.436 e. The van der Waals surface area contributed by atoms with E-state index in [1.165, 1.54) is 0 Å². The monoisotopic (exact) mass is 438 g/mol. The normalized spacial score (nSPS) is 17.3. The van der Waals surface area contributed by atoms with E-state index in [0.29, 0.717) is 11.8 Å². The summed E-state index contributed by atoms with van der Waals surface area (Å²) in [6, 6.07) is 21.4. The van der Waals surface area contributed by atoms with Crippen LogP contribution in [0.25, 0.3) is 45.1 Å². The predicted octanol–water partition coefficient (Wildman–Crippen LogP) is 5.60. The molecule has 3 aromatic carbocycles. The van der Waals surface area contributed by atoms with Gasteiger partial charge in [0.05, 0.1) is 11.2 Å². The molecule has 0 spiro atoms. The van der Waals surface area contributed by atoms with E-state index < -0.39 is 18.3 Å². The van der Waals surface area contributed by atoms with Crippen LogP contribution in [-0.2, 0) is 9.31 Å². The molecule has 2 aromatic heterocycles. The molecular weight excluding hydrogens is 415 g/mol. The molecule has 0 atom stereocenters. The van der Waals surface area contributed by atoms with Crippen molar-refractivity contribution in [2.24, 2.45) is 0 Å². The van der Waals surface area contributed by atoms with E-state index in [-0.39, 0.29) is 0 Å². The molecule has 0 saturated carbocycles. The Labute approximate surface area is 191 Å². The largest absolute Gasteiger partial charge is 0.494 e. The minimum absolute atomic E-state index is 0.455. The zero-order valence-corrected chi connectivity index (χ0v) is 19.0. The second kappa shape index (κ2) is 7.04. The van der Waals surface area contributed by atoms with Crippen molar-refractivity contribution in [2.45, 2.75) is 38.9 Å². The predicted molar refractivity (Wildman–Crippen MR) is 128 cm³/mol. The van der Waals surface area contributed by atoms with Gasteiger partial charge in [-0.15, -0.1) is 0 Å². The molecule has 7 heteroatoms. The highest BCUT2D eigenvalue weighted by molar-refractivity contribution is 6.62. The number of hydrogen-bond donors (Lipinski definition) is 0. The van der Waals surface area contributed by atoms with Crippen LogP contribution in [0.3, 0.4) is 0 Å². The van der Waals surface area contributed by atoms with Crippen LogP contribution in [0.4, 0.5) is 0 Å². The second-order valence-corrected chi connectivity index (χ2v) is 9.41. The van der Waals surface area contributed by atoms with Gasteiger partial charge in [-0.3, -0.25) is 0 Å². The maximum atomic E-state index is 6.33. The molecule has 33 heavy (non-hydrogen) atoms. The van der Waals surface area contributed by atoms with E-state index in [1.807, 2.05) is 94.4 Å². The Balaban J connectivity index is 1.52. The molecule has 6 rings (SSSR count). The van der Waals surface area contributed by atoms with Crippen molar-refractivity contribution in [1.29, 1.82) is 0 Å². The van der Waals surface area contributed by atoms with Gasteiger partial charge in [0.1, 0.15) is 11.0 Å². The number of rotatable bonds is 3. The molecule has 0 N–H and O–H groups in total. The molecule has 1 aliphatic heterocycles. The Hall–Kier alpha value is -3.42. The molecule has 1 fully saturated rings. The van der Waals surface area contributed by atoms with Crippen molar-refractivity contribution in [3.63, 3.8) is 0 Å². The summed E-state index contributed by atoms with van der Waals surface area (Å²) in [5.41, 5.74) is 4.62. The van der Waals surface area contributed by atoms with Gasteiger partial charge in [0, 0.05) is 11.1 Å². The third-order valence-electron chi connectivity index (χ3n) is 6.56. The molecular formula is C26H23BN2O4. The Bertz CT molecular complexity index is 1330. The van der Waals surface area contributed by atoms with Gasteiger partial charge in [-0.1, -0.05) is 24.3 Å². The number of nitrogens with zero attached hydrogens (tertiary/aromatic N) is 2. The SMILES string of the molecule is CC1(C)OB(c2cc(-c3nc4ccccc4o3)cc(-c3nc4ccccc4o3)c2)OC1(C)C. The number of oxazole rings is 2. The number of para-hydroxylation sites is 4. The van der Waals surface area contributed by atoms with Crippen molar-refractivity contribution >= 4 is 34.8 Å². The van der Waals surface area contributed by atoms with Crippen LogP contribution in [0.2, 0.25) is 0 Å². The fraction of sp³-hybridized carbons (Fsp3) is 0.231. The summed E-state index contributed by atoms with van der Waals surface area (Å²) in [5.74, 6) is 1.04. The Kier molecular flexibility index (Phi) is 4.31. The van der Waals surface area contributed by atoms with Crippen LogP contribution in [0.5, 0.6) is 0 Å². The molecule has 3 heterocycles. The lowest BCUT2D eigenvalue weighted by molar-refractivity contribution is 0.00578. The third kappa shape index (κ3) is 3.36. The van der Waals surface area contributed by atoms with Crippen LogP contribution >= 0.6 is 0 Å². The highest BCUT2D eigenvalue weighted by Crippen LogP contribution is 2.37. The molecule has 5 aromatic rings. The molecule has 0 amide bonds. The van der Waals surface area contributed by atoms with Gasteiger partial charge in [-0.2, -0.15) is 0 Å². The Morgan fingerprint density at radius 3 is 1.55 bits per heavy atom. The number of fused-ring (bicyclic) bond motifs is 2. The Morgan fingerprint density at radius 1 is 0.636 bits per heavy atom. The average Bonchev–Trinajstić information content (AvgIpc) is 3.47. The molecule has 0 aliphatic carbocycles. The lowest BCUT2D eigenvalue weighted by atomic mass is 9.77. The van der Waals surface area contributed by atoms with Gasteiger partial charge < -0.3 is 18.1 Å². The highest BCUT2D eigenvalue weighted by Gasteiger charge is 2.51. The maximum Gasteiger partial charge on any atom is 0.494 e. The van der Waals surface area contributed by atoms with Gasteiger partial charge in [0.2, 0.25) is 11.8 Å². The first-order valence-corrected chi connectivity index (χ1v) is 11.0. The summed E-state index contributed by atoms with van der Waals surface area (Å²) in [7, 11) is -0.539. The number of aromatic nitrogens is 2. The highest BCUT2D eigenvalue weighted by atomic mass is 16.7. The van der Waals surface area contributed by atoms with Crippen LogP contribution in [-0.4, -0.2) is 28.3 Å². The minimum Gasteiger partial charge on any atom is -0.436 e. The zero-order valence-electron chi connectivity index (χ0n) is 19.0. The minimum atomic E-state index is -0.539. The molecule has 1 aliphatic rings. The van der Waals surface area contributed by atoms with Crippen molar-refractivity contribution in [3.05, 3.63) is 66.7 Å². The first kappa shape index (κ1) is 20.2. The van der Waals surface area contributed by atoms with Crippen molar-refractivity contribution in [1.82, 2.24) is 9.97 Å². The molecule has 6 nitrogen and oxygen atoms in total. The van der Waals surface area contributed by atoms with E-state index >= 15 is 0 Å². The summed E-state index contributed by atoms with van der Waals surface area (Å²) in [6.45, 7) is 8.16. The summed E-state index contributed by atoms with van der Waals surface area (Å²) >= 11 is 0. The van der Waals surface area contributed by atoms with E-state index in [9.17, 15) is 0 Å². The van der Waals surface area contributed by atoms with E-state index in [4.69, 9.17) is 18.1 Å². The fourth-order valence-corrected chi connectivity index (χ4v) is 4.01. The Morgan fingerprint density at radius 2 is 1.09 bits per heavy atom. The number of hydrogen-bond acceptors (Lipinski definition) is 6. The average molecular weight is 438 g/mol.